The number of unbranched alkanes of at least 4 members (excludes halogenated alkanes) is 32. The standard InChI is InChI=1S/C46H89NO3/c1-3-5-7-9-11-13-15-17-19-21-23-24-26-28-30-32-34-36-38-40-42-46(50)47-44(43-48)45(49)41-39-37-35-33-31-29-27-25-22-20-18-16-14-12-10-8-6-4-2/h23-24,39,41,44-45,48-49H,3-22,25-38,40,42-43H2,1-2H3,(H,47,50)/b24-23-,41-39+. The van der Waals surface area contributed by atoms with E-state index in [-0.39, 0.29) is 12.5 Å². The number of hydrogen-bond acceptors (Lipinski definition) is 3. The number of nitrogens with one attached hydrogen (secondary N) is 1. The van der Waals surface area contributed by atoms with Crippen molar-refractivity contribution in [2.45, 2.75) is 257 Å². The van der Waals surface area contributed by atoms with E-state index in [4.69, 9.17) is 0 Å². The first kappa shape index (κ1) is 48.9. The molecular formula is C46H89NO3. The maximum absolute atomic E-state index is 12.4. The Morgan fingerprint density at radius 1 is 0.460 bits per heavy atom. The third-order valence-electron chi connectivity index (χ3n) is 10.4. The fraction of sp³-hybridized carbons (Fsp3) is 0.891. The minimum Gasteiger partial charge on any atom is -0.394 e. The first-order valence-electron chi connectivity index (χ1n) is 22.6. The van der Waals surface area contributed by atoms with E-state index in [9.17, 15) is 15.0 Å². The Kier molecular flexibility index (Phi) is 41.3. The van der Waals surface area contributed by atoms with Crippen LogP contribution in [0.3, 0.4) is 0 Å². The van der Waals surface area contributed by atoms with Crippen molar-refractivity contribution < 1.29 is 15.0 Å². The average molecular weight is 704 g/mol. The van der Waals surface area contributed by atoms with E-state index in [0.29, 0.717) is 6.42 Å². The topological polar surface area (TPSA) is 69.6 Å². The first-order chi connectivity index (χ1) is 24.7. The Morgan fingerprint density at radius 2 is 0.760 bits per heavy atom. The Bertz CT molecular complexity index is 720. The van der Waals surface area contributed by atoms with E-state index in [2.05, 4.69) is 31.3 Å². The summed E-state index contributed by atoms with van der Waals surface area (Å²) in [5.74, 6) is -0.0662. The van der Waals surface area contributed by atoms with Gasteiger partial charge >= 0.3 is 0 Å². The molecule has 0 aromatic heterocycles. The first-order valence-corrected chi connectivity index (χ1v) is 22.6. The number of hydrogen-bond donors (Lipinski definition) is 3. The third-order valence-corrected chi connectivity index (χ3v) is 10.4. The lowest BCUT2D eigenvalue weighted by atomic mass is 10.0. The highest BCUT2D eigenvalue weighted by molar-refractivity contribution is 5.76. The van der Waals surface area contributed by atoms with E-state index in [1.165, 1.54) is 199 Å². The Morgan fingerprint density at radius 3 is 1.10 bits per heavy atom. The number of allylic oxidation sites excluding steroid dienone is 3. The van der Waals surface area contributed by atoms with Crippen molar-refractivity contribution in [1.82, 2.24) is 5.32 Å². The van der Waals surface area contributed by atoms with Crippen molar-refractivity contribution in [3.63, 3.8) is 0 Å². The second-order valence-corrected chi connectivity index (χ2v) is 15.5. The van der Waals surface area contributed by atoms with Gasteiger partial charge in [0.05, 0.1) is 18.8 Å². The molecule has 0 spiro atoms. The predicted molar refractivity (Wildman–Crippen MR) is 221 cm³/mol. The van der Waals surface area contributed by atoms with Gasteiger partial charge in [-0.25, -0.2) is 0 Å². The summed E-state index contributed by atoms with van der Waals surface area (Å²) in [4.78, 5) is 12.4. The molecule has 0 rings (SSSR count). The largest absolute Gasteiger partial charge is 0.394 e. The second-order valence-electron chi connectivity index (χ2n) is 15.5. The van der Waals surface area contributed by atoms with Gasteiger partial charge < -0.3 is 15.5 Å². The van der Waals surface area contributed by atoms with Crippen LogP contribution in [0.5, 0.6) is 0 Å². The van der Waals surface area contributed by atoms with Crippen LogP contribution in [0.15, 0.2) is 24.3 Å². The Balaban J connectivity index is 3.55. The van der Waals surface area contributed by atoms with E-state index >= 15 is 0 Å². The molecule has 0 fully saturated rings. The van der Waals surface area contributed by atoms with Gasteiger partial charge in [0.15, 0.2) is 0 Å². The minimum absolute atomic E-state index is 0.0662. The maximum Gasteiger partial charge on any atom is 0.220 e. The van der Waals surface area contributed by atoms with Gasteiger partial charge in [-0.2, -0.15) is 0 Å². The van der Waals surface area contributed by atoms with E-state index in [1.807, 2.05) is 6.08 Å². The van der Waals surface area contributed by atoms with Crippen LogP contribution in [0, 0.1) is 0 Å². The van der Waals surface area contributed by atoms with E-state index in [1.54, 1.807) is 6.08 Å². The summed E-state index contributed by atoms with van der Waals surface area (Å²) in [5, 5.41) is 23.0. The monoisotopic (exact) mass is 704 g/mol. The number of carbonyl (C=O) groups is 1. The highest BCUT2D eigenvalue weighted by atomic mass is 16.3. The number of amides is 1. The van der Waals surface area contributed by atoms with Gasteiger partial charge in [0.1, 0.15) is 0 Å². The molecule has 0 radical (unpaired) electrons. The molecule has 0 heterocycles. The number of rotatable bonds is 41. The summed E-state index contributed by atoms with van der Waals surface area (Å²) in [6, 6.07) is -0.622. The lowest BCUT2D eigenvalue weighted by Gasteiger charge is -2.20. The van der Waals surface area contributed by atoms with Crippen molar-refractivity contribution >= 4 is 5.91 Å². The molecule has 0 aliphatic carbocycles. The van der Waals surface area contributed by atoms with Gasteiger partial charge in [0.25, 0.3) is 0 Å². The van der Waals surface area contributed by atoms with Crippen LogP contribution in [0.4, 0.5) is 0 Å². The van der Waals surface area contributed by atoms with Crippen molar-refractivity contribution in [2.24, 2.45) is 0 Å². The van der Waals surface area contributed by atoms with E-state index < -0.39 is 12.1 Å². The highest BCUT2D eigenvalue weighted by Gasteiger charge is 2.17. The van der Waals surface area contributed by atoms with Crippen LogP contribution < -0.4 is 5.32 Å². The zero-order valence-corrected chi connectivity index (χ0v) is 33.9. The normalized spacial score (nSPS) is 13.1. The zero-order chi connectivity index (χ0) is 36.4. The lowest BCUT2D eigenvalue weighted by molar-refractivity contribution is -0.123. The second kappa shape index (κ2) is 42.3. The van der Waals surface area contributed by atoms with Crippen LogP contribution in [0.1, 0.15) is 245 Å². The fourth-order valence-corrected chi connectivity index (χ4v) is 6.94. The van der Waals surface area contributed by atoms with Gasteiger partial charge in [0.2, 0.25) is 5.91 Å². The molecule has 0 bridgehead atoms. The molecule has 0 aliphatic rings. The van der Waals surface area contributed by atoms with Gasteiger partial charge in [0, 0.05) is 6.42 Å². The summed E-state index contributed by atoms with van der Waals surface area (Å²) in [6.07, 6.45) is 54.3. The minimum atomic E-state index is -0.838. The zero-order valence-electron chi connectivity index (χ0n) is 33.9. The van der Waals surface area contributed by atoms with Crippen LogP contribution in [-0.2, 0) is 4.79 Å². The van der Waals surface area contributed by atoms with Crippen molar-refractivity contribution in [1.29, 1.82) is 0 Å². The summed E-state index contributed by atoms with van der Waals surface area (Å²) in [5.41, 5.74) is 0. The Hall–Kier alpha value is -1.13. The van der Waals surface area contributed by atoms with Crippen LogP contribution in [0.2, 0.25) is 0 Å². The lowest BCUT2D eigenvalue weighted by Crippen LogP contribution is -2.45. The molecule has 4 heteroatoms. The van der Waals surface area contributed by atoms with Gasteiger partial charge in [-0.3, -0.25) is 4.79 Å². The highest BCUT2D eigenvalue weighted by Crippen LogP contribution is 2.15. The molecule has 0 aliphatic heterocycles. The molecule has 2 atom stereocenters. The number of aliphatic hydroxyl groups excluding tert-OH is 2. The van der Waals surface area contributed by atoms with Gasteiger partial charge in [-0.1, -0.05) is 218 Å². The third kappa shape index (κ3) is 38.1. The van der Waals surface area contributed by atoms with Crippen molar-refractivity contribution in [3.05, 3.63) is 24.3 Å². The van der Waals surface area contributed by atoms with E-state index in [0.717, 1.165) is 25.7 Å². The SMILES string of the molecule is CCCCCCCCCCC/C=C\CCCCCCCCCC(=O)NC(CO)C(O)/C=C/CCCCCCCCCCCCCCCCCC. The van der Waals surface area contributed by atoms with Crippen molar-refractivity contribution in [3.8, 4) is 0 Å². The smallest absolute Gasteiger partial charge is 0.220 e. The molecule has 0 aromatic rings. The van der Waals surface area contributed by atoms with Crippen LogP contribution >= 0.6 is 0 Å². The fourth-order valence-electron chi connectivity index (χ4n) is 6.94. The summed E-state index contributed by atoms with van der Waals surface area (Å²) >= 11 is 0. The van der Waals surface area contributed by atoms with Crippen molar-refractivity contribution in [2.75, 3.05) is 6.61 Å². The molecule has 0 aromatic carbocycles. The summed E-state index contributed by atoms with van der Waals surface area (Å²) in [6.45, 7) is 4.32. The summed E-state index contributed by atoms with van der Waals surface area (Å²) < 4.78 is 0. The Labute approximate surface area is 313 Å². The maximum atomic E-state index is 12.4. The molecule has 0 saturated heterocycles. The van der Waals surface area contributed by atoms with Crippen LogP contribution in [0.25, 0.3) is 0 Å². The predicted octanol–water partition coefficient (Wildman–Crippen LogP) is 14.0. The number of carbonyl (C=O) groups excluding carboxylic acids is 1. The molecule has 3 N–H and O–H groups in total. The van der Waals surface area contributed by atoms with Gasteiger partial charge in [-0.05, 0) is 44.9 Å². The quantitative estimate of drug-likeness (QED) is 0.0438. The molecule has 1 amide bonds. The molecule has 50 heavy (non-hydrogen) atoms. The van der Waals surface area contributed by atoms with Crippen LogP contribution in [-0.4, -0.2) is 34.9 Å². The molecule has 2 unspecified atom stereocenters. The molecule has 4 nitrogen and oxygen atoms in total. The average Bonchev–Trinajstić information content (AvgIpc) is 3.12. The van der Waals surface area contributed by atoms with Gasteiger partial charge in [-0.15, -0.1) is 0 Å². The molecule has 296 valence electrons. The summed E-state index contributed by atoms with van der Waals surface area (Å²) in [7, 11) is 0. The number of aliphatic hydroxyl groups is 2. The molecule has 0 saturated carbocycles. The molecular weight excluding hydrogens is 615 g/mol.